The molecule has 19 heavy (non-hydrogen) atoms. The normalized spacial score (nSPS) is 19.7. The Morgan fingerprint density at radius 1 is 1.47 bits per heavy atom. The SMILES string of the molecule is COc1ncnc2c1nc(N)n2CC1CCCCS1. The van der Waals surface area contributed by atoms with Gasteiger partial charge in [-0.1, -0.05) is 6.42 Å². The largest absolute Gasteiger partial charge is 0.479 e. The van der Waals surface area contributed by atoms with Gasteiger partial charge in [0.2, 0.25) is 11.8 Å². The Kier molecular flexibility index (Phi) is 3.46. The highest BCUT2D eigenvalue weighted by molar-refractivity contribution is 7.99. The summed E-state index contributed by atoms with van der Waals surface area (Å²) in [6, 6.07) is 0. The van der Waals surface area contributed by atoms with Gasteiger partial charge in [0.25, 0.3) is 0 Å². The lowest BCUT2D eigenvalue weighted by atomic mass is 10.2. The number of anilines is 1. The van der Waals surface area contributed by atoms with Gasteiger partial charge in [0.15, 0.2) is 11.2 Å². The predicted molar refractivity (Wildman–Crippen MR) is 76.4 cm³/mol. The number of fused-ring (bicyclic) bond motifs is 1. The van der Waals surface area contributed by atoms with Crippen molar-refractivity contribution in [2.75, 3.05) is 18.6 Å². The molecule has 3 heterocycles. The van der Waals surface area contributed by atoms with Crippen molar-refractivity contribution >= 4 is 28.9 Å². The number of thioether (sulfide) groups is 1. The molecule has 7 heteroatoms. The molecule has 102 valence electrons. The lowest BCUT2D eigenvalue weighted by Gasteiger charge is -2.21. The molecule has 3 rings (SSSR count). The number of methoxy groups -OCH3 is 1. The maximum absolute atomic E-state index is 6.01. The summed E-state index contributed by atoms with van der Waals surface area (Å²) >= 11 is 2.01. The predicted octanol–water partition coefficient (Wildman–Crippen LogP) is 1.70. The smallest absolute Gasteiger partial charge is 0.245 e. The lowest BCUT2D eigenvalue weighted by Crippen LogP contribution is -2.18. The summed E-state index contributed by atoms with van der Waals surface area (Å²) in [4.78, 5) is 12.7. The van der Waals surface area contributed by atoms with E-state index in [-0.39, 0.29) is 0 Å². The molecule has 0 bridgehead atoms. The highest BCUT2D eigenvalue weighted by Gasteiger charge is 2.20. The molecule has 0 saturated carbocycles. The second-order valence-corrected chi connectivity index (χ2v) is 6.03. The third kappa shape index (κ3) is 2.34. The monoisotopic (exact) mass is 279 g/mol. The van der Waals surface area contributed by atoms with Crippen LogP contribution in [0.2, 0.25) is 0 Å². The van der Waals surface area contributed by atoms with Crippen LogP contribution in [0.15, 0.2) is 6.33 Å². The van der Waals surface area contributed by atoms with Gasteiger partial charge in [-0.3, -0.25) is 4.57 Å². The van der Waals surface area contributed by atoms with Crippen LogP contribution in [-0.4, -0.2) is 37.6 Å². The zero-order valence-corrected chi connectivity index (χ0v) is 11.7. The molecule has 1 aliphatic heterocycles. The van der Waals surface area contributed by atoms with E-state index >= 15 is 0 Å². The quantitative estimate of drug-likeness (QED) is 0.921. The average Bonchev–Trinajstić information content (AvgIpc) is 2.76. The number of imidazole rings is 1. The van der Waals surface area contributed by atoms with Gasteiger partial charge in [0.1, 0.15) is 6.33 Å². The number of rotatable bonds is 3. The van der Waals surface area contributed by atoms with Gasteiger partial charge < -0.3 is 10.5 Å². The fraction of sp³-hybridized carbons (Fsp3) is 0.583. The standard InChI is InChI=1S/C12H17N5OS/c1-18-11-9-10(14-7-15-11)17(12(13)16-9)6-8-4-2-3-5-19-8/h7-8H,2-6H2,1H3,(H2,13,16). The van der Waals surface area contributed by atoms with Crippen molar-refractivity contribution in [1.82, 2.24) is 19.5 Å². The van der Waals surface area contributed by atoms with Gasteiger partial charge in [-0.05, 0) is 18.6 Å². The van der Waals surface area contributed by atoms with E-state index in [2.05, 4.69) is 15.0 Å². The van der Waals surface area contributed by atoms with Crippen LogP contribution in [-0.2, 0) is 6.54 Å². The molecule has 0 radical (unpaired) electrons. The van der Waals surface area contributed by atoms with Crippen LogP contribution >= 0.6 is 11.8 Å². The summed E-state index contributed by atoms with van der Waals surface area (Å²) in [5, 5.41) is 0.592. The zero-order valence-electron chi connectivity index (χ0n) is 10.9. The van der Waals surface area contributed by atoms with Gasteiger partial charge in [0, 0.05) is 11.8 Å². The van der Waals surface area contributed by atoms with E-state index in [1.165, 1.54) is 31.3 Å². The van der Waals surface area contributed by atoms with E-state index in [0.29, 0.717) is 22.6 Å². The molecule has 1 unspecified atom stereocenters. The Hall–Kier alpha value is -1.50. The van der Waals surface area contributed by atoms with Crippen molar-refractivity contribution in [2.45, 2.75) is 31.1 Å². The van der Waals surface area contributed by atoms with Crippen LogP contribution in [0, 0.1) is 0 Å². The second kappa shape index (κ2) is 5.24. The molecule has 1 saturated heterocycles. The number of aromatic nitrogens is 4. The van der Waals surface area contributed by atoms with Crippen LogP contribution in [0.4, 0.5) is 5.95 Å². The molecule has 2 aromatic rings. The Balaban J connectivity index is 1.96. The first kappa shape index (κ1) is 12.5. The van der Waals surface area contributed by atoms with Crippen molar-refractivity contribution in [3.05, 3.63) is 6.33 Å². The molecule has 0 aromatic carbocycles. The maximum atomic E-state index is 6.01. The summed E-state index contributed by atoms with van der Waals surface area (Å²) in [5.74, 6) is 2.20. The first-order valence-corrected chi connectivity index (χ1v) is 7.46. The van der Waals surface area contributed by atoms with E-state index in [1.807, 2.05) is 16.3 Å². The first-order valence-electron chi connectivity index (χ1n) is 6.42. The van der Waals surface area contributed by atoms with Crippen LogP contribution in [0.25, 0.3) is 11.2 Å². The number of nitrogen functional groups attached to an aromatic ring is 1. The Labute approximate surface area is 115 Å². The first-order chi connectivity index (χ1) is 9.29. The van der Waals surface area contributed by atoms with Crippen LogP contribution in [0.1, 0.15) is 19.3 Å². The minimum Gasteiger partial charge on any atom is -0.479 e. The average molecular weight is 279 g/mol. The third-order valence-electron chi connectivity index (χ3n) is 3.38. The number of hydrogen-bond acceptors (Lipinski definition) is 6. The van der Waals surface area contributed by atoms with E-state index in [1.54, 1.807) is 7.11 Å². The van der Waals surface area contributed by atoms with Crippen LogP contribution in [0.5, 0.6) is 5.88 Å². The molecular formula is C12H17N5OS. The molecule has 6 nitrogen and oxygen atoms in total. The van der Waals surface area contributed by atoms with Crippen molar-refractivity contribution in [3.8, 4) is 5.88 Å². The second-order valence-electron chi connectivity index (χ2n) is 4.62. The molecule has 1 atom stereocenters. The third-order valence-corrected chi connectivity index (χ3v) is 4.76. The summed E-state index contributed by atoms with van der Waals surface area (Å²) in [7, 11) is 1.58. The van der Waals surface area contributed by atoms with Gasteiger partial charge in [-0.15, -0.1) is 0 Å². The van der Waals surface area contributed by atoms with Gasteiger partial charge in [0.05, 0.1) is 7.11 Å². The van der Waals surface area contributed by atoms with Crippen molar-refractivity contribution in [1.29, 1.82) is 0 Å². The summed E-state index contributed by atoms with van der Waals surface area (Å²) in [5.41, 5.74) is 7.42. The Morgan fingerprint density at radius 3 is 3.11 bits per heavy atom. The number of hydrogen-bond donors (Lipinski definition) is 1. The summed E-state index contributed by atoms with van der Waals surface area (Å²) in [6.07, 6.45) is 5.33. The Bertz CT molecular complexity index is 579. The number of nitrogens with zero attached hydrogens (tertiary/aromatic N) is 4. The van der Waals surface area contributed by atoms with Gasteiger partial charge in [-0.25, -0.2) is 9.97 Å². The number of ether oxygens (including phenoxy) is 1. The van der Waals surface area contributed by atoms with Crippen LogP contribution in [0.3, 0.4) is 0 Å². The van der Waals surface area contributed by atoms with E-state index in [4.69, 9.17) is 10.5 Å². The Morgan fingerprint density at radius 2 is 2.37 bits per heavy atom. The molecule has 2 aromatic heterocycles. The highest BCUT2D eigenvalue weighted by atomic mass is 32.2. The van der Waals surface area contributed by atoms with E-state index in [9.17, 15) is 0 Å². The van der Waals surface area contributed by atoms with Crippen molar-refractivity contribution in [2.24, 2.45) is 0 Å². The summed E-state index contributed by atoms with van der Waals surface area (Å²) in [6.45, 7) is 0.854. The van der Waals surface area contributed by atoms with E-state index in [0.717, 1.165) is 12.2 Å². The minimum atomic E-state index is 0.478. The molecule has 0 aliphatic carbocycles. The number of nitrogens with two attached hydrogens (primary N) is 1. The van der Waals surface area contributed by atoms with Crippen molar-refractivity contribution in [3.63, 3.8) is 0 Å². The summed E-state index contributed by atoms with van der Waals surface area (Å²) < 4.78 is 7.17. The van der Waals surface area contributed by atoms with Gasteiger partial charge >= 0.3 is 0 Å². The molecule has 1 aliphatic rings. The molecular weight excluding hydrogens is 262 g/mol. The molecule has 0 spiro atoms. The topological polar surface area (TPSA) is 78.8 Å². The molecule has 0 amide bonds. The molecule has 2 N–H and O–H groups in total. The van der Waals surface area contributed by atoms with Crippen molar-refractivity contribution < 1.29 is 4.74 Å². The molecule has 1 fully saturated rings. The van der Waals surface area contributed by atoms with E-state index < -0.39 is 0 Å². The maximum Gasteiger partial charge on any atom is 0.245 e. The minimum absolute atomic E-state index is 0.478. The van der Waals surface area contributed by atoms with Gasteiger partial charge in [-0.2, -0.15) is 16.7 Å². The fourth-order valence-corrected chi connectivity index (χ4v) is 3.71. The van der Waals surface area contributed by atoms with Crippen LogP contribution < -0.4 is 10.5 Å². The highest BCUT2D eigenvalue weighted by Crippen LogP contribution is 2.29. The lowest BCUT2D eigenvalue weighted by molar-refractivity contribution is 0.401. The zero-order chi connectivity index (χ0) is 13.2. The fourth-order valence-electron chi connectivity index (χ4n) is 2.42.